The Balaban J connectivity index is 2.57. The molecule has 0 unspecified atom stereocenters. The molecule has 0 saturated heterocycles. The lowest BCUT2D eigenvalue weighted by Crippen LogP contribution is -2.24. The molecule has 0 aromatic heterocycles. The Labute approximate surface area is 198 Å². The van der Waals surface area contributed by atoms with Crippen LogP contribution in [0.2, 0.25) is 0 Å². The Hall–Kier alpha value is -3.14. The van der Waals surface area contributed by atoms with Crippen LogP contribution in [-0.4, -0.2) is 11.9 Å². The first kappa shape index (κ1) is 26.1. The normalized spacial score (nSPS) is 11.5. The van der Waals surface area contributed by atoms with Gasteiger partial charge in [0.2, 0.25) is 0 Å². The summed E-state index contributed by atoms with van der Waals surface area (Å²) in [5, 5.41) is 0. The van der Waals surface area contributed by atoms with Crippen molar-refractivity contribution in [2.45, 2.75) is 72.6 Å². The third-order valence-electron chi connectivity index (χ3n) is 5.75. The Morgan fingerprint density at radius 2 is 1.06 bits per heavy atom. The van der Waals surface area contributed by atoms with Crippen LogP contribution in [0, 0.1) is 0 Å². The molecule has 4 nitrogen and oxygen atoms in total. The van der Waals surface area contributed by atoms with Crippen molar-refractivity contribution in [1.29, 1.82) is 0 Å². The van der Waals surface area contributed by atoms with Crippen LogP contribution < -0.4 is 9.47 Å². The zero-order valence-corrected chi connectivity index (χ0v) is 21.2. The molecule has 0 atom stereocenters. The van der Waals surface area contributed by atoms with Gasteiger partial charge in [0.15, 0.2) is 0 Å². The minimum absolute atomic E-state index is 0.223. The van der Waals surface area contributed by atoms with Gasteiger partial charge in [0.05, 0.1) is 0 Å². The molecule has 0 amide bonds. The number of carbonyl (C=O) groups excluding carboxylic acids is 2. The molecule has 0 heterocycles. The highest BCUT2D eigenvalue weighted by atomic mass is 16.5. The summed E-state index contributed by atoms with van der Waals surface area (Å²) in [6.07, 6.45) is 0. The maximum atomic E-state index is 12.0. The molecule has 176 valence electrons. The predicted molar refractivity (Wildman–Crippen MR) is 134 cm³/mol. The van der Waals surface area contributed by atoms with Gasteiger partial charge in [0, 0.05) is 16.6 Å². The lowest BCUT2D eigenvalue weighted by Gasteiger charge is -2.33. The van der Waals surface area contributed by atoms with E-state index in [1.165, 1.54) is 0 Å². The van der Waals surface area contributed by atoms with E-state index in [9.17, 15) is 9.59 Å². The van der Waals surface area contributed by atoms with Gasteiger partial charge < -0.3 is 9.47 Å². The summed E-state index contributed by atoms with van der Waals surface area (Å²) in [5.74, 6) is 0.606. The lowest BCUT2D eigenvalue weighted by molar-refractivity contribution is -0.130. The smallest absolute Gasteiger partial charge is 0.338 e. The first-order valence-electron chi connectivity index (χ1n) is 11.3. The van der Waals surface area contributed by atoms with Crippen molar-refractivity contribution in [3.63, 3.8) is 0 Å². The van der Waals surface area contributed by atoms with Gasteiger partial charge in [-0.3, -0.25) is 0 Å². The third-order valence-corrected chi connectivity index (χ3v) is 5.75. The summed E-state index contributed by atoms with van der Waals surface area (Å²) in [6.45, 7) is 23.5. The molecule has 0 N–H and O–H groups in total. The Morgan fingerprint density at radius 3 is 1.33 bits per heavy atom. The molecule has 4 heteroatoms. The number of carbonyl (C=O) groups is 2. The highest BCUT2D eigenvalue weighted by Crippen LogP contribution is 2.42. The SMILES string of the molecule is C=C(C)C(=O)Oc1ccc(C(C)(C)c2ccc(OC(=O)C(=C)C)cc2C(C)C)c(C(C)C)c1. The number of esters is 2. The van der Waals surface area contributed by atoms with Crippen LogP contribution in [0.1, 0.15) is 89.5 Å². The van der Waals surface area contributed by atoms with E-state index >= 15 is 0 Å². The van der Waals surface area contributed by atoms with Crippen molar-refractivity contribution >= 4 is 11.9 Å². The second-order valence-corrected chi connectivity index (χ2v) is 9.77. The highest BCUT2D eigenvalue weighted by molar-refractivity contribution is 5.89. The average Bonchev–Trinajstić information content (AvgIpc) is 2.73. The van der Waals surface area contributed by atoms with Crippen LogP contribution in [0.5, 0.6) is 11.5 Å². The van der Waals surface area contributed by atoms with Gasteiger partial charge >= 0.3 is 11.9 Å². The van der Waals surface area contributed by atoms with Gasteiger partial charge in [0.25, 0.3) is 0 Å². The molecule has 0 aliphatic heterocycles. The number of rotatable bonds is 8. The minimum atomic E-state index is -0.432. The molecular formula is C29H36O4. The summed E-state index contributed by atoms with van der Waals surface area (Å²) in [4.78, 5) is 24.0. The van der Waals surface area contributed by atoms with Gasteiger partial charge in [-0.1, -0.05) is 66.8 Å². The molecule has 2 aromatic carbocycles. The Kier molecular flexibility index (Phi) is 8.07. The largest absolute Gasteiger partial charge is 0.423 e. The van der Waals surface area contributed by atoms with Crippen molar-refractivity contribution in [3.8, 4) is 11.5 Å². The van der Waals surface area contributed by atoms with E-state index < -0.39 is 11.9 Å². The van der Waals surface area contributed by atoms with Crippen LogP contribution in [0.4, 0.5) is 0 Å². The van der Waals surface area contributed by atoms with Crippen molar-refractivity contribution in [2.24, 2.45) is 0 Å². The number of ether oxygens (including phenoxy) is 2. The number of hydrogen-bond donors (Lipinski definition) is 0. The zero-order valence-electron chi connectivity index (χ0n) is 21.2. The van der Waals surface area contributed by atoms with Gasteiger partial charge in [-0.2, -0.15) is 0 Å². The summed E-state index contributed by atoms with van der Waals surface area (Å²) in [7, 11) is 0. The van der Waals surface area contributed by atoms with E-state index in [1.807, 2.05) is 36.4 Å². The molecule has 33 heavy (non-hydrogen) atoms. The number of hydrogen-bond acceptors (Lipinski definition) is 4. The summed E-state index contributed by atoms with van der Waals surface area (Å²) < 4.78 is 11.0. The Morgan fingerprint density at radius 1 is 0.727 bits per heavy atom. The number of benzene rings is 2. The van der Waals surface area contributed by atoms with Crippen LogP contribution in [-0.2, 0) is 15.0 Å². The minimum Gasteiger partial charge on any atom is -0.423 e. The molecule has 0 fully saturated rings. The van der Waals surface area contributed by atoms with Gasteiger partial charge in [0.1, 0.15) is 11.5 Å². The second kappa shape index (κ2) is 10.2. The molecule has 0 saturated carbocycles. The van der Waals surface area contributed by atoms with Crippen molar-refractivity contribution in [3.05, 3.63) is 83.0 Å². The molecule has 0 aliphatic rings. The maximum absolute atomic E-state index is 12.0. The molecule has 2 aromatic rings. The molecule has 0 spiro atoms. The standard InChI is InChI=1S/C29H36O4/c1-17(2)23-15-21(32-27(30)19(5)6)11-13-25(23)29(9,10)26-14-12-22(16-24(26)18(3)4)33-28(31)20(7)8/h11-18H,5,7H2,1-4,6,8-10H3. The van der Waals surface area contributed by atoms with Crippen molar-refractivity contribution in [2.75, 3.05) is 0 Å². The predicted octanol–water partition coefficient (Wildman–Crippen LogP) is 7.22. The summed E-state index contributed by atoms with van der Waals surface area (Å²) >= 11 is 0. The highest BCUT2D eigenvalue weighted by Gasteiger charge is 2.30. The average molecular weight is 449 g/mol. The zero-order chi connectivity index (χ0) is 25.1. The fourth-order valence-electron chi connectivity index (χ4n) is 3.84. The van der Waals surface area contributed by atoms with E-state index in [1.54, 1.807) is 13.8 Å². The molecule has 0 bridgehead atoms. The van der Waals surface area contributed by atoms with Crippen LogP contribution in [0.15, 0.2) is 60.7 Å². The van der Waals surface area contributed by atoms with Gasteiger partial charge in [-0.25, -0.2) is 9.59 Å². The van der Waals surface area contributed by atoms with E-state index in [0.29, 0.717) is 22.6 Å². The quantitative estimate of drug-likeness (QED) is 0.243. The fourth-order valence-corrected chi connectivity index (χ4v) is 3.84. The second-order valence-electron chi connectivity index (χ2n) is 9.77. The molecule has 0 aliphatic carbocycles. The molecular weight excluding hydrogens is 412 g/mol. The first-order chi connectivity index (χ1) is 15.2. The summed E-state index contributed by atoms with van der Waals surface area (Å²) in [6, 6.07) is 11.6. The lowest BCUT2D eigenvalue weighted by atomic mass is 9.71. The monoisotopic (exact) mass is 448 g/mol. The van der Waals surface area contributed by atoms with Crippen LogP contribution in [0.3, 0.4) is 0 Å². The summed E-state index contributed by atoms with van der Waals surface area (Å²) in [5.41, 5.74) is 4.91. The third kappa shape index (κ3) is 6.01. The van der Waals surface area contributed by atoms with E-state index in [4.69, 9.17) is 9.47 Å². The van der Waals surface area contributed by atoms with Crippen LogP contribution >= 0.6 is 0 Å². The van der Waals surface area contributed by atoms with E-state index in [0.717, 1.165) is 22.3 Å². The Bertz CT molecular complexity index is 1000. The van der Waals surface area contributed by atoms with Crippen molar-refractivity contribution < 1.29 is 19.1 Å². The van der Waals surface area contributed by atoms with Gasteiger partial charge in [-0.15, -0.1) is 0 Å². The topological polar surface area (TPSA) is 52.6 Å². The van der Waals surface area contributed by atoms with Gasteiger partial charge in [-0.05, 0) is 72.2 Å². The van der Waals surface area contributed by atoms with E-state index in [2.05, 4.69) is 54.7 Å². The van der Waals surface area contributed by atoms with Crippen molar-refractivity contribution in [1.82, 2.24) is 0 Å². The first-order valence-corrected chi connectivity index (χ1v) is 11.3. The maximum Gasteiger partial charge on any atom is 0.338 e. The molecule has 2 rings (SSSR count). The molecule has 0 radical (unpaired) electrons. The van der Waals surface area contributed by atoms with Crippen LogP contribution in [0.25, 0.3) is 0 Å². The van der Waals surface area contributed by atoms with E-state index in [-0.39, 0.29) is 17.3 Å². The fraction of sp³-hybridized carbons (Fsp3) is 0.379.